The number of hydrogen-bond acceptors (Lipinski definition) is 3. The molecule has 136 valence electrons. The number of carbonyl (C=O) groups excluding carboxylic acids is 1. The molecule has 0 radical (unpaired) electrons. The van der Waals surface area contributed by atoms with E-state index < -0.39 is 24.8 Å². The normalized spacial score (nSPS) is 16.7. The zero-order valence-corrected chi connectivity index (χ0v) is 13.8. The average molecular weight is 362 g/mol. The van der Waals surface area contributed by atoms with E-state index in [0.29, 0.717) is 17.0 Å². The van der Waals surface area contributed by atoms with Crippen molar-refractivity contribution >= 4 is 11.6 Å². The first kappa shape index (κ1) is 17.8. The van der Waals surface area contributed by atoms with Crippen molar-refractivity contribution in [2.45, 2.75) is 12.3 Å². The predicted molar refractivity (Wildman–Crippen MR) is 92.0 cm³/mol. The molecular formula is C19H17F3N2O2. The van der Waals surface area contributed by atoms with Gasteiger partial charge < -0.3 is 15.0 Å². The second-order valence-corrected chi connectivity index (χ2v) is 5.81. The highest BCUT2D eigenvalue weighted by atomic mass is 19.4. The maximum Gasteiger partial charge on any atom is 0.406 e. The number of fused-ring (bicyclic) bond motifs is 1. The number of rotatable bonds is 5. The molecule has 0 spiro atoms. The van der Waals surface area contributed by atoms with Gasteiger partial charge >= 0.3 is 6.18 Å². The van der Waals surface area contributed by atoms with Crippen molar-refractivity contribution in [3.63, 3.8) is 0 Å². The van der Waals surface area contributed by atoms with Crippen LogP contribution >= 0.6 is 0 Å². The topological polar surface area (TPSA) is 41.6 Å². The summed E-state index contributed by atoms with van der Waals surface area (Å²) in [7, 11) is 0. The third-order valence-electron chi connectivity index (χ3n) is 3.91. The summed E-state index contributed by atoms with van der Waals surface area (Å²) in [6.45, 7) is 2.48. The second-order valence-electron chi connectivity index (χ2n) is 5.81. The van der Waals surface area contributed by atoms with Crippen LogP contribution in [0.2, 0.25) is 0 Å². The van der Waals surface area contributed by atoms with Crippen LogP contribution in [0.5, 0.6) is 5.75 Å². The lowest BCUT2D eigenvalue weighted by molar-refractivity contribution is -0.144. The van der Waals surface area contributed by atoms with Gasteiger partial charge in [0.15, 0.2) is 0 Å². The van der Waals surface area contributed by atoms with Gasteiger partial charge in [-0.1, -0.05) is 36.9 Å². The molecule has 2 aromatic rings. The molecule has 4 nitrogen and oxygen atoms in total. The van der Waals surface area contributed by atoms with E-state index in [-0.39, 0.29) is 12.2 Å². The van der Waals surface area contributed by atoms with Crippen molar-refractivity contribution < 1.29 is 22.7 Å². The standard InChI is InChI=1S/C19H17F3N2O2/c1-2-10-26-14-7-5-6-13(11-14)17-23-16-9-4-3-8-15(16)18(25)24(17)12-19(20,21)22/h2-9,11,17,23H,1,10,12H2/t17-/m0/s1. The Morgan fingerprint density at radius 1 is 1.19 bits per heavy atom. The van der Waals surface area contributed by atoms with Gasteiger partial charge in [-0.25, -0.2) is 0 Å². The zero-order chi connectivity index (χ0) is 18.7. The van der Waals surface area contributed by atoms with E-state index in [1.807, 2.05) is 0 Å². The SMILES string of the molecule is C=CCOc1cccc([C@H]2Nc3ccccc3C(=O)N2CC(F)(F)F)c1. The van der Waals surface area contributed by atoms with Gasteiger partial charge in [-0.05, 0) is 29.8 Å². The summed E-state index contributed by atoms with van der Waals surface area (Å²) in [5.74, 6) is -0.179. The highest BCUT2D eigenvalue weighted by molar-refractivity contribution is 6.01. The molecule has 1 N–H and O–H groups in total. The Kier molecular flexibility index (Phi) is 4.88. The first-order valence-electron chi connectivity index (χ1n) is 7.96. The number of hydrogen-bond donors (Lipinski definition) is 1. The van der Waals surface area contributed by atoms with E-state index in [4.69, 9.17) is 4.74 Å². The van der Waals surface area contributed by atoms with Crippen molar-refractivity contribution in [3.8, 4) is 5.75 Å². The number of nitrogens with one attached hydrogen (secondary N) is 1. The van der Waals surface area contributed by atoms with E-state index in [1.54, 1.807) is 48.5 Å². The van der Waals surface area contributed by atoms with Crippen LogP contribution in [0.3, 0.4) is 0 Å². The minimum atomic E-state index is -4.52. The molecular weight excluding hydrogens is 345 g/mol. The summed E-state index contributed by atoms with van der Waals surface area (Å²) in [4.78, 5) is 13.5. The van der Waals surface area contributed by atoms with Crippen molar-refractivity contribution in [1.29, 1.82) is 0 Å². The fraction of sp³-hybridized carbons (Fsp3) is 0.211. The average Bonchev–Trinajstić information content (AvgIpc) is 2.61. The molecule has 1 aliphatic rings. The molecule has 0 unspecified atom stereocenters. The highest BCUT2D eigenvalue weighted by Gasteiger charge is 2.40. The smallest absolute Gasteiger partial charge is 0.406 e. The van der Waals surface area contributed by atoms with E-state index in [9.17, 15) is 18.0 Å². The Hall–Kier alpha value is -2.96. The summed E-state index contributed by atoms with van der Waals surface area (Å²) >= 11 is 0. The Labute approximate surface area is 148 Å². The van der Waals surface area contributed by atoms with Crippen LogP contribution in [0.25, 0.3) is 0 Å². The van der Waals surface area contributed by atoms with Crippen molar-refractivity contribution in [2.24, 2.45) is 0 Å². The van der Waals surface area contributed by atoms with Gasteiger partial charge in [0.25, 0.3) is 5.91 Å². The Balaban J connectivity index is 2.00. The summed E-state index contributed by atoms with van der Waals surface area (Å²) in [5, 5.41) is 3.03. The molecule has 0 fully saturated rings. The highest BCUT2D eigenvalue weighted by Crippen LogP contribution is 2.35. The van der Waals surface area contributed by atoms with Gasteiger partial charge in [-0.3, -0.25) is 4.79 Å². The van der Waals surface area contributed by atoms with Gasteiger partial charge in [-0.15, -0.1) is 0 Å². The maximum absolute atomic E-state index is 13.1. The molecule has 2 aromatic carbocycles. The molecule has 0 bridgehead atoms. The van der Waals surface area contributed by atoms with Gasteiger partial charge in [-0.2, -0.15) is 13.2 Å². The van der Waals surface area contributed by atoms with Crippen LogP contribution in [-0.4, -0.2) is 30.1 Å². The summed E-state index contributed by atoms with van der Waals surface area (Å²) < 4.78 is 44.6. The van der Waals surface area contributed by atoms with Crippen LogP contribution in [0, 0.1) is 0 Å². The number of benzene rings is 2. The number of nitrogens with zero attached hydrogens (tertiary/aromatic N) is 1. The summed E-state index contributed by atoms with van der Waals surface area (Å²) in [6.07, 6.45) is -3.90. The number of carbonyl (C=O) groups is 1. The molecule has 7 heteroatoms. The number of anilines is 1. The molecule has 26 heavy (non-hydrogen) atoms. The van der Waals surface area contributed by atoms with Crippen molar-refractivity contribution in [2.75, 3.05) is 18.5 Å². The molecule has 1 amide bonds. The third kappa shape index (κ3) is 3.82. The van der Waals surface area contributed by atoms with Crippen LogP contribution < -0.4 is 10.1 Å². The lowest BCUT2D eigenvalue weighted by Gasteiger charge is -2.38. The second kappa shape index (κ2) is 7.11. The monoisotopic (exact) mass is 362 g/mol. The molecule has 0 saturated heterocycles. The molecule has 1 atom stereocenters. The van der Waals surface area contributed by atoms with Gasteiger partial charge in [0.05, 0.1) is 5.56 Å². The lowest BCUT2D eigenvalue weighted by Crippen LogP contribution is -2.47. The van der Waals surface area contributed by atoms with Crippen LogP contribution in [0.15, 0.2) is 61.2 Å². The number of alkyl halides is 3. The lowest BCUT2D eigenvalue weighted by atomic mass is 10.0. The molecule has 1 aliphatic heterocycles. The Morgan fingerprint density at radius 3 is 2.69 bits per heavy atom. The number of amides is 1. The Bertz CT molecular complexity index is 820. The van der Waals surface area contributed by atoms with Crippen LogP contribution in [0.1, 0.15) is 22.1 Å². The Morgan fingerprint density at radius 2 is 1.96 bits per heavy atom. The molecule has 0 aromatic heterocycles. The fourth-order valence-corrected chi connectivity index (χ4v) is 2.84. The van der Waals surface area contributed by atoms with Crippen molar-refractivity contribution in [1.82, 2.24) is 4.90 Å². The minimum absolute atomic E-state index is 0.215. The zero-order valence-electron chi connectivity index (χ0n) is 13.8. The molecule has 0 aliphatic carbocycles. The van der Waals surface area contributed by atoms with Gasteiger partial charge in [0, 0.05) is 5.69 Å². The van der Waals surface area contributed by atoms with Gasteiger partial charge in [0.2, 0.25) is 0 Å². The van der Waals surface area contributed by atoms with E-state index in [1.165, 1.54) is 6.07 Å². The first-order chi connectivity index (χ1) is 12.4. The molecule has 1 heterocycles. The third-order valence-corrected chi connectivity index (χ3v) is 3.91. The number of para-hydroxylation sites is 1. The van der Waals surface area contributed by atoms with E-state index in [0.717, 1.165) is 4.90 Å². The van der Waals surface area contributed by atoms with E-state index in [2.05, 4.69) is 11.9 Å². The van der Waals surface area contributed by atoms with Crippen molar-refractivity contribution in [3.05, 3.63) is 72.3 Å². The fourth-order valence-electron chi connectivity index (χ4n) is 2.84. The first-order valence-corrected chi connectivity index (χ1v) is 7.96. The predicted octanol–water partition coefficient (Wildman–Crippen LogP) is 4.38. The maximum atomic E-state index is 13.1. The molecule has 0 saturated carbocycles. The largest absolute Gasteiger partial charge is 0.490 e. The number of halogens is 3. The van der Waals surface area contributed by atoms with Gasteiger partial charge in [0.1, 0.15) is 25.1 Å². The van der Waals surface area contributed by atoms with E-state index >= 15 is 0 Å². The number of ether oxygens (including phenoxy) is 1. The summed E-state index contributed by atoms with van der Waals surface area (Å²) in [6, 6.07) is 13.2. The summed E-state index contributed by atoms with van der Waals surface area (Å²) in [5.41, 5.74) is 1.21. The van der Waals surface area contributed by atoms with Crippen LogP contribution in [0.4, 0.5) is 18.9 Å². The quantitative estimate of drug-likeness (QED) is 0.803. The molecule has 3 rings (SSSR count). The van der Waals surface area contributed by atoms with Crippen LogP contribution in [-0.2, 0) is 0 Å². The minimum Gasteiger partial charge on any atom is -0.490 e.